The van der Waals surface area contributed by atoms with Crippen LogP contribution in [0, 0.1) is 0 Å². The molecule has 0 heterocycles. The van der Waals surface area contributed by atoms with Gasteiger partial charge in [-0.05, 0) is 0 Å². The van der Waals surface area contributed by atoms with E-state index < -0.39 is 18.8 Å². The molecule has 56 valence electrons. The largest absolute Gasteiger partial charge is 0.308 e. The average molecular weight is 209 g/mol. The van der Waals surface area contributed by atoms with Crippen molar-refractivity contribution in [1.82, 2.24) is 0 Å². The van der Waals surface area contributed by atoms with Crippen LogP contribution in [-0.2, 0) is 0 Å². The van der Waals surface area contributed by atoms with Crippen molar-refractivity contribution in [2.45, 2.75) is 18.8 Å². The normalized spacial score (nSPS) is 12.7. The van der Waals surface area contributed by atoms with E-state index in [4.69, 9.17) is 0 Å². The Morgan fingerprint density at radius 1 is 1.33 bits per heavy atom. The van der Waals surface area contributed by atoms with E-state index in [1.165, 1.54) is 0 Å². The fourth-order valence-corrected chi connectivity index (χ4v) is 0.764. The second kappa shape index (κ2) is 3.39. The van der Waals surface area contributed by atoms with Crippen molar-refractivity contribution in [3.05, 3.63) is 0 Å². The van der Waals surface area contributed by atoms with E-state index in [2.05, 4.69) is 15.9 Å². The second-order valence-corrected chi connectivity index (χ2v) is 2.29. The third-order valence-corrected chi connectivity index (χ3v) is 1.14. The van der Waals surface area contributed by atoms with Gasteiger partial charge in [0.05, 0.1) is 0 Å². The Morgan fingerprint density at radius 3 is 1.89 bits per heavy atom. The second-order valence-electron chi connectivity index (χ2n) is 1.50. The molecule has 0 unspecified atom stereocenters. The fourth-order valence-electron chi connectivity index (χ4n) is 0.235. The van der Waals surface area contributed by atoms with Gasteiger partial charge in [0.1, 0.15) is 0 Å². The molecule has 0 amide bonds. The lowest BCUT2D eigenvalue weighted by atomic mass is 10.3. The van der Waals surface area contributed by atoms with Crippen molar-refractivity contribution in [2.24, 2.45) is 0 Å². The van der Waals surface area contributed by atoms with Crippen LogP contribution in [0.1, 0.15) is 6.42 Å². The summed E-state index contributed by atoms with van der Waals surface area (Å²) in [7, 11) is 0. The van der Waals surface area contributed by atoms with Gasteiger partial charge in [-0.1, -0.05) is 15.9 Å². The summed E-state index contributed by atoms with van der Waals surface area (Å²) >= 11 is 2.64. The summed E-state index contributed by atoms with van der Waals surface area (Å²) < 4.78 is 46.0. The average Bonchev–Trinajstić information content (AvgIpc) is 1.65. The fraction of sp³-hybridized carbons (Fsp3) is 1.00. The van der Waals surface area contributed by atoms with Crippen LogP contribution in [0.25, 0.3) is 0 Å². The Morgan fingerprint density at radius 2 is 1.78 bits per heavy atom. The SMILES string of the molecule is FC(F)C(F)(F)CCBr. The van der Waals surface area contributed by atoms with Crippen LogP contribution >= 0.6 is 15.9 Å². The molecule has 0 aromatic heterocycles. The third kappa shape index (κ3) is 3.03. The first-order valence-electron chi connectivity index (χ1n) is 2.22. The topological polar surface area (TPSA) is 0 Å². The highest BCUT2D eigenvalue weighted by molar-refractivity contribution is 9.09. The van der Waals surface area contributed by atoms with Gasteiger partial charge in [0.2, 0.25) is 0 Å². The van der Waals surface area contributed by atoms with Gasteiger partial charge in [0.15, 0.2) is 0 Å². The standard InChI is InChI=1S/C4H5BrF4/c5-2-1-4(8,9)3(6)7/h3H,1-2H2. The van der Waals surface area contributed by atoms with Crippen LogP contribution in [-0.4, -0.2) is 17.7 Å². The van der Waals surface area contributed by atoms with Crippen molar-refractivity contribution < 1.29 is 17.6 Å². The van der Waals surface area contributed by atoms with Crippen molar-refractivity contribution in [3.63, 3.8) is 0 Å². The Labute approximate surface area is 58.4 Å². The smallest absolute Gasteiger partial charge is 0.204 e. The zero-order valence-electron chi connectivity index (χ0n) is 4.38. The highest BCUT2D eigenvalue weighted by Gasteiger charge is 2.39. The van der Waals surface area contributed by atoms with Crippen LogP contribution in [0.4, 0.5) is 17.6 Å². The van der Waals surface area contributed by atoms with E-state index in [-0.39, 0.29) is 5.33 Å². The van der Waals surface area contributed by atoms with Crippen LogP contribution < -0.4 is 0 Å². The van der Waals surface area contributed by atoms with E-state index in [1.54, 1.807) is 0 Å². The monoisotopic (exact) mass is 208 g/mol. The van der Waals surface area contributed by atoms with Crippen molar-refractivity contribution >= 4 is 15.9 Å². The van der Waals surface area contributed by atoms with E-state index in [1.807, 2.05) is 0 Å². The molecule has 0 saturated carbocycles. The molecule has 0 aliphatic heterocycles. The molecule has 9 heavy (non-hydrogen) atoms. The van der Waals surface area contributed by atoms with Gasteiger partial charge in [-0.3, -0.25) is 0 Å². The number of hydrogen-bond donors (Lipinski definition) is 0. The maximum absolute atomic E-state index is 11.8. The van der Waals surface area contributed by atoms with Crippen LogP contribution in [0.15, 0.2) is 0 Å². The number of rotatable bonds is 3. The molecule has 0 bridgehead atoms. The minimum absolute atomic E-state index is 0.107. The summed E-state index contributed by atoms with van der Waals surface area (Å²) in [6, 6.07) is 0. The minimum atomic E-state index is -3.83. The zero-order chi connectivity index (χ0) is 7.49. The summed E-state index contributed by atoms with van der Waals surface area (Å²) in [5, 5.41) is -0.107. The van der Waals surface area contributed by atoms with Crippen molar-refractivity contribution in [2.75, 3.05) is 5.33 Å². The molecule has 0 radical (unpaired) electrons. The molecule has 0 aliphatic rings. The Balaban J connectivity index is 3.70. The van der Waals surface area contributed by atoms with Gasteiger partial charge in [-0.15, -0.1) is 0 Å². The number of alkyl halides is 5. The molecule has 0 saturated heterocycles. The molecule has 5 heteroatoms. The quantitative estimate of drug-likeness (QED) is 0.495. The van der Waals surface area contributed by atoms with Crippen LogP contribution in [0.3, 0.4) is 0 Å². The molecule has 0 N–H and O–H groups in total. The molecule has 0 spiro atoms. The van der Waals surface area contributed by atoms with E-state index in [0.717, 1.165) is 0 Å². The maximum Gasteiger partial charge on any atom is 0.308 e. The molecular formula is C4H5BrF4. The predicted octanol–water partition coefficient (Wildman–Crippen LogP) is 2.67. The predicted molar refractivity (Wildman–Crippen MR) is 29.4 cm³/mol. The first kappa shape index (κ1) is 9.20. The summed E-state index contributed by atoms with van der Waals surface area (Å²) in [5.74, 6) is -3.83. The molecule has 0 atom stereocenters. The summed E-state index contributed by atoms with van der Waals surface area (Å²) in [6.45, 7) is 0. The Kier molecular flexibility index (Phi) is 3.46. The lowest BCUT2D eigenvalue weighted by Crippen LogP contribution is -2.26. The van der Waals surface area contributed by atoms with Crippen LogP contribution in [0.5, 0.6) is 0 Å². The third-order valence-electron chi connectivity index (χ3n) is 0.747. The molecule has 0 fully saturated rings. The van der Waals surface area contributed by atoms with Crippen molar-refractivity contribution in [1.29, 1.82) is 0 Å². The van der Waals surface area contributed by atoms with Gasteiger partial charge in [0.25, 0.3) is 0 Å². The molecule has 0 aromatic carbocycles. The van der Waals surface area contributed by atoms with Gasteiger partial charge in [0, 0.05) is 11.8 Å². The van der Waals surface area contributed by atoms with Crippen LogP contribution in [0.2, 0.25) is 0 Å². The minimum Gasteiger partial charge on any atom is -0.204 e. The van der Waals surface area contributed by atoms with Gasteiger partial charge in [-0.25, -0.2) is 17.6 Å². The van der Waals surface area contributed by atoms with Crippen molar-refractivity contribution in [3.8, 4) is 0 Å². The summed E-state index contributed by atoms with van der Waals surface area (Å²) in [5.41, 5.74) is 0. The van der Waals surface area contributed by atoms with Gasteiger partial charge < -0.3 is 0 Å². The first-order valence-corrected chi connectivity index (χ1v) is 3.35. The van der Waals surface area contributed by atoms with Gasteiger partial charge >= 0.3 is 12.3 Å². The highest BCUT2D eigenvalue weighted by Crippen LogP contribution is 2.26. The summed E-state index contributed by atoms with van der Waals surface area (Å²) in [4.78, 5) is 0. The summed E-state index contributed by atoms with van der Waals surface area (Å²) in [6.07, 6.45) is -4.36. The Bertz CT molecular complexity index is 82.6. The maximum atomic E-state index is 11.8. The number of hydrogen-bond acceptors (Lipinski definition) is 0. The lowest BCUT2D eigenvalue weighted by Gasteiger charge is -2.12. The molecule has 0 nitrogen and oxygen atoms in total. The van der Waals surface area contributed by atoms with Gasteiger partial charge in [-0.2, -0.15) is 0 Å². The number of halogens is 5. The van der Waals surface area contributed by atoms with E-state index in [0.29, 0.717) is 0 Å². The molecule has 0 aromatic rings. The Hall–Kier alpha value is 0.200. The lowest BCUT2D eigenvalue weighted by molar-refractivity contribution is -0.128. The highest BCUT2D eigenvalue weighted by atomic mass is 79.9. The first-order chi connectivity index (χ1) is 4.00. The zero-order valence-corrected chi connectivity index (χ0v) is 5.97. The van der Waals surface area contributed by atoms with E-state index >= 15 is 0 Å². The molecule has 0 rings (SSSR count). The molecule has 0 aliphatic carbocycles. The van der Waals surface area contributed by atoms with E-state index in [9.17, 15) is 17.6 Å². The molecular weight excluding hydrogens is 204 g/mol.